The van der Waals surface area contributed by atoms with Crippen molar-refractivity contribution in [3.8, 4) is 0 Å². The Balaban J connectivity index is 1.68. The average molecular weight is 284 g/mol. The van der Waals surface area contributed by atoms with Crippen LogP contribution in [0.4, 0.5) is 0 Å². The predicted molar refractivity (Wildman–Crippen MR) is 86.4 cm³/mol. The summed E-state index contributed by atoms with van der Waals surface area (Å²) in [4.78, 5) is 0. The third-order valence-electron chi connectivity index (χ3n) is 7.15. The zero-order valence-electron chi connectivity index (χ0n) is 13.4. The molecule has 2 saturated carbocycles. The standard InChI is InChI=1S/C20H28O/c1-3-13-4-6-15-14(12-13)5-7-17-16(15)10-11-20(2)18(17)8-9-19(20)21/h4,6,12,16-19,21H,3,5,7-11H2,1-2H3. The van der Waals surface area contributed by atoms with Gasteiger partial charge in [0.05, 0.1) is 6.10 Å². The van der Waals surface area contributed by atoms with Crippen molar-refractivity contribution in [2.45, 2.75) is 70.8 Å². The highest BCUT2D eigenvalue weighted by Crippen LogP contribution is 2.60. The van der Waals surface area contributed by atoms with Crippen molar-refractivity contribution in [3.63, 3.8) is 0 Å². The number of aryl methyl sites for hydroxylation is 2. The predicted octanol–water partition coefficient (Wildman–Crippen LogP) is 4.47. The first-order chi connectivity index (χ1) is 10.1. The Bertz CT molecular complexity index is 549. The van der Waals surface area contributed by atoms with E-state index in [0.717, 1.165) is 30.6 Å². The smallest absolute Gasteiger partial charge is 0.0596 e. The van der Waals surface area contributed by atoms with Gasteiger partial charge in [-0.3, -0.25) is 0 Å². The van der Waals surface area contributed by atoms with Gasteiger partial charge in [-0.1, -0.05) is 32.0 Å². The minimum absolute atomic E-state index is 0.0488. The summed E-state index contributed by atoms with van der Waals surface area (Å²) in [7, 11) is 0. The first kappa shape index (κ1) is 13.8. The van der Waals surface area contributed by atoms with Gasteiger partial charge in [0, 0.05) is 0 Å². The lowest BCUT2D eigenvalue weighted by Gasteiger charge is -2.50. The van der Waals surface area contributed by atoms with Crippen LogP contribution in [0.5, 0.6) is 0 Å². The second-order valence-electron chi connectivity index (χ2n) is 7.94. The Morgan fingerprint density at radius 2 is 2.05 bits per heavy atom. The van der Waals surface area contributed by atoms with E-state index in [1.165, 1.54) is 37.7 Å². The van der Waals surface area contributed by atoms with Gasteiger partial charge in [0.2, 0.25) is 0 Å². The van der Waals surface area contributed by atoms with E-state index in [-0.39, 0.29) is 11.5 Å². The lowest BCUT2D eigenvalue weighted by molar-refractivity contribution is -0.0226. The molecule has 3 aliphatic carbocycles. The van der Waals surface area contributed by atoms with E-state index in [1.54, 1.807) is 11.1 Å². The van der Waals surface area contributed by atoms with Crippen LogP contribution < -0.4 is 0 Å². The van der Waals surface area contributed by atoms with Gasteiger partial charge in [-0.2, -0.15) is 0 Å². The van der Waals surface area contributed by atoms with Crippen LogP contribution >= 0.6 is 0 Å². The molecule has 114 valence electrons. The molecule has 1 aromatic rings. The summed E-state index contributed by atoms with van der Waals surface area (Å²) in [5, 5.41) is 10.4. The molecule has 3 aliphatic rings. The van der Waals surface area contributed by atoms with Crippen LogP contribution in [0.25, 0.3) is 0 Å². The molecule has 0 radical (unpaired) electrons. The number of rotatable bonds is 1. The maximum atomic E-state index is 10.4. The van der Waals surface area contributed by atoms with Crippen LogP contribution in [0.2, 0.25) is 0 Å². The molecule has 0 heterocycles. The molecule has 1 N–H and O–H groups in total. The van der Waals surface area contributed by atoms with Gasteiger partial charge in [0.1, 0.15) is 0 Å². The molecule has 5 unspecified atom stereocenters. The van der Waals surface area contributed by atoms with Gasteiger partial charge < -0.3 is 5.11 Å². The Kier molecular flexibility index (Phi) is 3.19. The molecule has 0 bridgehead atoms. The van der Waals surface area contributed by atoms with Crippen molar-refractivity contribution in [1.82, 2.24) is 0 Å². The molecule has 0 amide bonds. The molecule has 1 heteroatoms. The molecule has 0 spiro atoms. The average Bonchev–Trinajstić information content (AvgIpc) is 2.82. The molecule has 0 aliphatic heterocycles. The SMILES string of the molecule is CCc1ccc2c(c1)CCC1C2CCC2(C)C(O)CCC12. The number of hydrogen-bond acceptors (Lipinski definition) is 1. The summed E-state index contributed by atoms with van der Waals surface area (Å²) < 4.78 is 0. The Morgan fingerprint density at radius 1 is 1.19 bits per heavy atom. The number of hydrogen-bond donors (Lipinski definition) is 1. The van der Waals surface area contributed by atoms with Crippen molar-refractivity contribution in [1.29, 1.82) is 0 Å². The fraction of sp³-hybridized carbons (Fsp3) is 0.700. The fourth-order valence-electron chi connectivity index (χ4n) is 5.83. The van der Waals surface area contributed by atoms with Gasteiger partial charge in [-0.15, -0.1) is 0 Å². The van der Waals surface area contributed by atoms with Crippen LogP contribution in [0.1, 0.15) is 68.6 Å². The number of benzene rings is 1. The minimum atomic E-state index is -0.0488. The fourth-order valence-corrected chi connectivity index (χ4v) is 5.83. The monoisotopic (exact) mass is 284 g/mol. The van der Waals surface area contributed by atoms with Gasteiger partial charge in [0.25, 0.3) is 0 Å². The van der Waals surface area contributed by atoms with E-state index >= 15 is 0 Å². The third kappa shape index (κ3) is 1.93. The highest BCUT2D eigenvalue weighted by atomic mass is 16.3. The summed E-state index contributed by atoms with van der Waals surface area (Å²) in [5.41, 5.74) is 4.97. The second kappa shape index (κ2) is 4.84. The quantitative estimate of drug-likeness (QED) is 0.807. The topological polar surface area (TPSA) is 20.2 Å². The zero-order chi connectivity index (χ0) is 14.6. The molecule has 0 saturated heterocycles. The number of aliphatic hydroxyl groups is 1. The van der Waals surface area contributed by atoms with Crippen LogP contribution in [0.15, 0.2) is 18.2 Å². The minimum Gasteiger partial charge on any atom is -0.393 e. The second-order valence-corrected chi connectivity index (χ2v) is 7.94. The lowest BCUT2D eigenvalue weighted by atomic mass is 9.55. The van der Waals surface area contributed by atoms with Crippen LogP contribution in [0.3, 0.4) is 0 Å². The number of aliphatic hydroxyl groups excluding tert-OH is 1. The normalized spacial score (nSPS) is 41.3. The Hall–Kier alpha value is -0.820. The molecule has 21 heavy (non-hydrogen) atoms. The molecular weight excluding hydrogens is 256 g/mol. The van der Waals surface area contributed by atoms with Crippen molar-refractivity contribution in [2.75, 3.05) is 0 Å². The van der Waals surface area contributed by atoms with E-state index in [4.69, 9.17) is 0 Å². The maximum absolute atomic E-state index is 10.4. The highest BCUT2D eigenvalue weighted by molar-refractivity contribution is 5.38. The van der Waals surface area contributed by atoms with Gasteiger partial charge in [-0.05, 0) is 84.8 Å². The third-order valence-corrected chi connectivity index (χ3v) is 7.15. The molecule has 1 aromatic carbocycles. The number of fused-ring (bicyclic) bond motifs is 5. The van der Waals surface area contributed by atoms with Crippen molar-refractivity contribution in [2.24, 2.45) is 17.3 Å². The summed E-state index contributed by atoms with van der Waals surface area (Å²) in [6, 6.07) is 7.24. The van der Waals surface area contributed by atoms with E-state index in [0.29, 0.717) is 0 Å². The van der Waals surface area contributed by atoms with Crippen molar-refractivity contribution < 1.29 is 5.11 Å². The van der Waals surface area contributed by atoms with Crippen molar-refractivity contribution in [3.05, 3.63) is 34.9 Å². The van der Waals surface area contributed by atoms with Crippen LogP contribution in [-0.4, -0.2) is 11.2 Å². The van der Waals surface area contributed by atoms with Crippen molar-refractivity contribution >= 4 is 0 Å². The van der Waals surface area contributed by atoms with Gasteiger partial charge in [-0.25, -0.2) is 0 Å². The Morgan fingerprint density at radius 3 is 2.86 bits per heavy atom. The summed E-state index contributed by atoms with van der Waals surface area (Å²) in [6.45, 7) is 4.61. The summed E-state index contributed by atoms with van der Waals surface area (Å²) in [5.74, 6) is 2.34. The zero-order valence-corrected chi connectivity index (χ0v) is 13.4. The van der Waals surface area contributed by atoms with E-state index in [9.17, 15) is 5.11 Å². The van der Waals surface area contributed by atoms with Crippen LogP contribution in [0, 0.1) is 17.3 Å². The Labute approximate surface area is 128 Å². The molecule has 1 nitrogen and oxygen atoms in total. The van der Waals surface area contributed by atoms with E-state index < -0.39 is 0 Å². The first-order valence-electron chi connectivity index (χ1n) is 8.93. The van der Waals surface area contributed by atoms with Gasteiger partial charge >= 0.3 is 0 Å². The van der Waals surface area contributed by atoms with Crippen LogP contribution in [-0.2, 0) is 12.8 Å². The molecule has 0 aromatic heterocycles. The van der Waals surface area contributed by atoms with E-state index in [1.807, 2.05) is 0 Å². The van der Waals surface area contributed by atoms with E-state index in [2.05, 4.69) is 32.0 Å². The largest absolute Gasteiger partial charge is 0.393 e. The lowest BCUT2D eigenvalue weighted by Crippen LogP contribution is -2.43. The van der Waals surface area contributed by atoms with Gasteiger partial charge in [0.15, 0.2) is 0 Å². The first-order valence-corrected chi connectivity index (χ1v) is 8.93. The highest BCUT2D eigenvalue weighted by Gasteiger charge is 2.54. The summed E-state index contributed by atoms with van der Waals surface area (Å²) in [6.07, 6.45) is 8.49. The maximum Gasteiger partial charge on any atom is 0.0596 e. The molecule has 2 fully saturated rings. The summed E-state index contributed by atoms with van der Waals surface area (Å²) >= 11 is 0. The molecule has 5 atom stereocenters. The molecular formula is C20H28O. The molecule has 4 rings (SSSR count).